The number of carbonyl (C=O) groups is 1. The summed E-state index contributed by atoms with van der Waals surface area (Å²) in [5.41, 5.74) is 2.16. The second-order valence-electron chi connectivity index (χ2n) is 7.65. The molecule has 0 saturated carbocycles. The van der Waals surface area contributed by atoms with Gasteiger partial charge in [-0.15, -0.1) is 0 Å². The summed E-state index contributed by atoms with van der Waals surface area (Å²) < 4.78 is 6.00. The van der Waals surface area contributed by atoms with Crippen LogP contribution < -0.4 is 9.64 Å². The predicted molar refractivity (Wildman–Crippen MR) is 102 cm³/mol. The lowest BCUT2D eigenvalue weighted by atomic mass is 9.74. The van der Waals surface area contributed by atoms with Crippen molar-refractivity contribution < 1.29 is 14.6 Å². The van der Waals surface area contributed by atoms with Gasteiger partial charge in [0.25, 0.3) is 0 Å². The highest BCUT2D eigenvalue weighted by Crippen LogP contribution is 2.45. The summed E-state index contributed by atoms with van der Waals surface area (Å²) in [4.78, 5) is 23.8. The summed E-state index contributed by atoms with van der Waals surface area (Å²) in [5.74, 6) is 1.56. The van der Waals surface area contributed by atoms with Gasteiger partial charge in [0, 0.05) is 30.3 Å². The minimum absolute atomic E-state index is 0.0947. The molecule has 1 aromatic carbocycles. The molecule has 6 nitrogen and oxygen atoms in total. The summed E-state index contributed by atoms with van der Waals surface area (Å²) in [7, 11) is 0. The molecule has 2 aromatic rings. The zero-order chi connectivity index (χ0) is 19.2. The standard InChI is InChI=1S/C21H25N3O3/c1-4-17-13(2)22-14(3)23-19(17)24-10-16-11-27-18-8-6-5-7-15(18)9-21(16,12-24)20(25)26/h5-8,16H,4,9-12H2,1-3H3,(H,25,26). The van der Waals surface area contributed by atoms with Crippen LogP contribution in [0, 0.1) is 25.2 Å². The van der Waals surface area contributed by atoms with E-state index in [1.807, 2.05) is 38.1 Å². The van der Waals surface area contributed by atoms with Crippen molar-refractivity contribution in [2.45, 2.75) is 33.6 Å². The first-order valence-electron chi connectivity index (χ1n) is 9.47. The average Bonchev–Trinajstić information content (AvgIpc) is 2.92. The van der Waals surface area contributed by atoms with E-state index in [0.717, 1.165) is 40.6 Å². The van der Waals surface area contributed by atoms with E-state index in [-0.39, 0.29) is 5.92 Å². The molecule has 27 heavy (non-hydrogen) atoms. The van der Waals surface area contributed by atoms with Crippen LogP contribution in [0.25, 0.3) is 0 Å². The number of fused-ring (bicyclic) bond motifs is 2. The van der Waals surface area contributed by atoms with Gasteiger partial charge in [-0.3, -0.25) is 4.79 Å². The molecular formula is C21H25N3O3. The molecular weight excluding hydrogens is 342 g/mol. The van der Waals surface area contributed by atoms with Crippen LogP contribution in [0.1, 0.15) is 29.6 Å². The summed E-state index contributed by atoms with van der Waals surface area (Å²) >= 11 is 0. The number of anilines is 1. The minimum atomic E-state index is -0.871. The minimum Gasteiger partial charge on any atom is -0.493 e. The Morgan fingerprint density at radius 1 is 1.33 bits per heavy atom. The van der Waals surface area contributed by atoms with Crippen molar-refractivity contribution in [1.82, 2.24) is 9.97 Å². The largest absolute Gasteiger partial charge is 0.493 e. The maximum absolute atomic E-state index is 12.5. The molecule has 6 heteroatoms. The number of ether oxygens (including phenoxy) is 1. The predicted octanol–water partition coefficient (Wildman–Crippen LogP) is 2.80. The SMILES string of the molecule is CCc1c(C)nc(C)nc1N1CC2COc3ccccc3CC2(C(=O)O)C1. The highest BCUT2D eigenvalue weighted by atomic mass is 16.5. The Kier molecular flexibility index (Phi) is 4.29. The Morgan fingerprint density at radius 3 is 2.85 bits per heavy atom. The summed E-state index contributed by atoms with van der Waals surface area (Å²) in [6, 6.07) is 7.77. The van der Waals surface area contributed by atoms with E-state index >= 15 is 0 Å². The van der Waals surface area contributed by atoms with Crippen LogP contribution in [-0.2, 0) is 17.6 Å². The van der Waals surface area contributed by atoms with Crippen LogP contribution in [0.4, 0.5) is 5.82 Å². The third-order valence-electron chi connectivity index (χ3n) is 6.00. The number of benzene rings is 1. The van der Waals surface area contributed by atoms with Gasteiger partial charge in [-0.1, -0.05) is 25.1 Å². The quantitative estimate of drug-likeness (QED) is 0.899. The molecule has 2 atom stereocenters. The van der Waals surface area contributed by atoms with Crippen molar-refractivity contribution in [3.8, 4) is 5.75 Å². The van der Waals surface area contributed by atoms with Gasteiger partial charge in [0.2, 0.25) is 0 Å². The topological polar surface area (TPSA) is 75.5 Å². The number of aliphatic carboxylic acids is 1. The Balaban J connectivity index is 1.76. The molecule has 1 N–H and O–H groups in total. The Hall–Kier alpha value is -2.63. The molecule has 0 radical (unpaired) electrons. The lowest BCUT2D eigenvalue weighted by Gasteiger charge is -2.28. The van der Waals surface area contributed by atoms with E-state index in [1.54, 1.807) is 0 Å². The molecule has 1 saturated heterocycles. The number of nitrogens with zero attached hydrogens (tertiary/aromatic N) is 3. The fourth-order valence-corrected chi connectivity index (χ4v) is 4.58. The number of carboxylic acid groups (broad SMARTS) is 1. The fraction of sp³-hybridized carbons (Fsp3) is 0.476. The van der Waals surface area contributed by atoms with E-state index in [0.29, 0.717) is 26.1 Å². The zero-order valence-corrected chi connectivity index (χ0v) is 16.0. The van der Waals surface area contributed by atoms with Gasteiger partial charge < -0.3 is 14.7 Å². The number of hydrogen-bond donors (Lipinski definition) is 1. The second kappa shape index (κ2) is 6.51. The van der Waals surface area contributed by atoms with Gasteiger partial charge in [-0.25, -0.2) is 9.97 Å². The summed E-state index contributed by atoms with van der Waals surface area (Å²) in [5, 5.41) is 10.2. The lowest BCUT2D eigenvalue weighted by Crippen LogP contribution is -2.42. The van der Waals surface area contributed by atoms with E-state index in [9.17, 15) is 9.90 Å². The van der Waals surface area contributed by atoms with Crippen molar-refractivity contribution >= 4 is 11.8 Å². The molecule has 2 unspecified atom stereocenters. The van der Waals surface area contributed by atoms with Gasteiger partial charge in [-0.2, -0.15) is 0 Å². The van der Waals surface area contributed by atoms with Crippen molar-refractivity contribution in [2.24, 2.45) is 11.3 Å². The van der Waals surface area contributed by atoms with Gasteiger partial charge >= 0.3 is 5.97 Å². The number of aromatic nitrogens is 2. The molecule has 0 spiro atoms. The molecule has 4 rings (SSSR count). The second-order valence-corrected chi connectivity index (χ2v) is 7.65. The normalized spacial score (nSPS) is 24.0. The van der Waals surface area contributed by atoms with E-state index in [1.165, 1.54) is 0 Å². The number of para-hydroxylation sites is 1. The Bertz CT molecular complexity index is 898. The molecule has 2 aliphatic heterocycles. The number of carboxylic acids is 1. The molecule has 3 heterocycles. The highest BCUT2D eigenvalue weighted by Gasteiger charge is 2.54. The Labute approximate surface area is 159 Å². The van der Waals surface area contributed by atoms with Crippen LogP contribution in [0.2, 0.25) is 0 Å². The smallest absolute Gasteiger partial charge is 0.312 e. The molecule has 0 aliphatic carbocycles. The highest BCUT2D eigenvalue weighted by molar-refractivity contribution is 5.78. The van der Waals surface area contributed by atoms with Gasteiger partial charge in [-0.05, 0) is 38.3 Å². The van der Waals surface area contributed by atoms with Crippen LogP contribution in [-0.4, -0.2) is 40.7 Å². The monoisotopic (exact) mass is 367 g/mol. The van der Waals surface area contributed by atoms with E-state index < -0.39 is 11.4 Å². The first kappa shape index (κ1) is 17.8. The number of aryl methyl sites for hydroxylation is 2. The third-order valence-corrected chi connectivity index (χ3v) is 6.00. The molecule has 0 bridgehead atoms. The molecule has 1 aromatic heterocycles. The van der Waals surface area contributed by atoms with Crippen molar-refractivity contribution in [2.75, 3.05) is 24.6 Å². The Morgan fingerprint density at radius 2 is 2.11 bits per heavy atom. The van der Waals surface area contributed by atoms with Crippen molar-refractivity contribution in [1.29, 1.82) is 0 Å². The summed E-state index contributed by atoms with van der Waals surface area (Å²) in [6.45, 7) is 7.44. The van der Waals surface area contributed by atoms with E-state index in [4.69, 9.17) is 4.74 Å². The van der Waals surface area contributed by atoms with Crippen LogP contribution >= 0.6 is 0 Å². The zero-order valence-electron chi connectivity index (χ0n) is 16.0. The number of hydrogen-bond acceptors (Lipinski definition) is 5. The van der Waals surface area contributed by atoms with Crippen molar-refractivity contribution in [3.05, 3.63) is 46.9 Å². The van der Waals surface area contributed by atoms with Gasteiger partial charge in [0.15, 0.2) is 0 Å². The first-order chi connectivity index (χ1) is 12.9. The maximum atomic E-state index is 12.5. The van der Waals surface area contributed by atoms with Crippen molar-refractivity contribution in [3.63, 3.8) is 0 Å². The fourth-order valence-electron chi connectivity index (χ4n) is 4.58. The summed E-state index contributed by atoms with van der Waals surface area (Å²) in [6.07, 6.45) is 1.30. The molecule has 2 aliphatic rings. The van der Waals surface area contributed by atoms with E-state index in [2.05, 4.69) is 21.8 Å². The van der Waals surface area contributed by atoms with Crippen LogP contribution in [0.15, 0.2) is 24.3 Å². The van der Waals surface area contributed by atoms with Gasteiger partial charge in [0.05, 0.1) is 12.0 Å². The van der Waals surface area contributed by atoms with Crippen LogP contribution in [0.3, 0.4) is 0 Å². The maximum Gasteiger partial charge on any atom is 0.312 e. The third kappa shape index (κ3) is 2.83. The number of rotatable bonds is 3. The van der Waals surface area contributed by atoms with Gasteiger partial charge in [0.1, 0.15) is 17.4 Å². The molecule has 1 fully saturated rings. The first-order valence-corrected chi connectivity index (χ1v) is 9.47. The lowest BCUT2D eigenvalue weighted by molar-refractivity contribution is -0.150. The van der Waals surface area contributed by atoms with Crippen LogP contribution in [0.5, 0.6) is 5.75 Å². The average molecular weight is 367 g/mol. The molecule has 0 amide bonds. The molecule has 142 valence electrons.